The first-order valence-electron chi connectivity index (χ1n) is 30.9. The van der Waals surface area contributed by atoms with Crippen LogP contribution in [0.1, 0.15) is 71.6 Å². The van der Waals surface area contributed by atoms with Crippen molar-refractivity contribution in [2.24, 2.45) is 21.6 Å². The quantitative estimate of drug-likeness (QED) is 0.00915. The number of esters is 1. The largest absolute Gasteiger partial charge is 0.490 e. The number of nitrogens with two attached hydrogens (primary N) is 2. The van der Waals surface area contributed by atoms with E-state index < -0.39 is 108 Å². The Balaban J connectivity index is 0.00000186. The highest BCUT2D eigenvalue weighted by molar-refractivity contribution is 6.03. The van der Waals surface area contributed by atoms with Crippen LogP contribution in [0.4, 0.5) is 13.2 Å². The molecule has 0 bridgehead atoms. The Hall–Kier alpha value is -10.9. The predicted octanol–water partition coefficient (Wildman–Crippen LogP) is -1.07. The second-order valence-corrected chi connectivity index (χ2v) is 22.5. The molecule has 0 radical (unpaired) electrons. The minimum atomic E-state index is -5.08. The molecule has 99 heavy (non-hydrogen) atoms. The number of oxime groups is 1. The van der Waals surface area contributed by atoms with Gasteiger partial charge >= 0.3 is 24.1 Å². The molecular weight excluding hydrogens is 1310 g/mol. The second-order valence-electron chi connectivity index (χ2n) is 22.5. The van der Waals surface area contributed by atoms with Crippen LogP contribution in [0.2, 0.25) is 0 Å². The normalized spacial score (nSPS) is 18.6. The van der Waals surface area contributed by atoms with Crippen molar-refractivity contribution in [1.29, 1.82) is 0 Å². The highest BCUT2D eigenvalue weighted by Crippen LogP contribution is 2.40. The molecule has 35 heteroatoms. The predicted molar refractivity (Wildman–Crippen MR) is 342 cm³/mol. The Morgan fingerprint density at radius 1 is 0.747 bits per heavy atom. The molecule has 0 spiro atoms. The monoisotopic (exact) mass is 1390 g/mol. The summed E-state index contributed by atoms with van der Waals surface area (Å²) < 4.78 is 54.8. The molecule has 0 unspecified atom stereocenters. The van der Waals surface area contributed by atoms with Gasteiger partial charge in [-0.15, -0.1) is 0 Å². The van der Waals surface area contributed by atoms with Crippen LogP contribution in [-0.4, -0.2) is 193 Å². The molecule has 3 aliphatic heterocycles. The zero-order chi connectivity index (χ0) is 71.8. The van der Waals surface area contributed by atoms with Gasteiger partial charge in [-0.05, 0) is 48.1 Å². The molecule has 7 amide bonds. The number of hydrogen-bond donors (Lipinski definition) is 12. The van der Waals surface area contributed by atoms with Gasteiger partial charge < -0.3 is 92.4 Å². The third kappa shape index (κ3) is 21.8. The number of aliphatic imine (C=N–C) groups is 1. The van der Waals surface area contributed by atoms with E-state index in [2.05, 4.69) is 47.4 Å². The zero-order valence-electron chi connectivity index (χ0n) is 53.4. The van der Waals surface area contributed by atoms with Crippen molar-refractivity contribution < 1.29 is 100 Å². The number of alkyl halides is 3. The number of para-hydroxylation sites is 1. The van der Waals surface area contributed by atoms with Crippen molar-refractivity contribution in [3.63, 3.8) is 0 Å². The van der Waals surface area contributed by atoms with Crippen LogP contribution < -0.4 is 54.2 Å². The van der Waals surface area contributed by atoms with Gasteiger partial charge in [0.2, 0.25) is 41.4 Å². The molecule has 530 valence electrons. The first kappa shape index (κ1) is 75.5. The van der Waals surface area contributed by atoms with E-state index in [1.165, 1.54) is 6.21 Å². The number of nitrogens with zero attached hydrogens (tertiary/aromatic N) is 4. The van der Waals surface area contributed by atoms with E-state index in [1.54, 1.807) is 72.2 Å². The first-order valence-corrected chi connectivity index (χ1v) is 30.9. The van der Waals surface area contributed by atoms with E-state index in [1.807, 2.05) is 24.3 Å². The van der Waals surface area contributed by atoms with Crippen molar-refractivity contribution in [3.05, 3.63) is 134 Å². The molecule has 3 aliphatic rings. The van der Waals surface area contributed by atoms with Crippen molar-refractivity contribution in [2.75, 3.05) is 65.9 Å². The van der Waals surface area contributed by atoms with E-state index in [0.29, 0.717) is 44.7 Å². The summed E-state index contributed by atoms with van der Waals surface area (Å²) in [5, 5.41) is 51.0. The number of carbonyl (C=O) groups excluding carboxylic acids is 8. The summed E-state index contributed by atoms with van der Waals surface area (Å²) in [5.74, 6) is -10.3. The second kappa shape index (κ2) is 35.9. The summed E-state index contributed by atoms with van der Waals surface area (Å²) >= 11 is 0. The average molecular weight is 1390 g/mol. The lowest BCUT2D eigenvalue weighted by molar-refractivity contribution is -0.192. The van der Waals surface area contributed by atoms with Gasteiger partial charge in [0.05, 0.1) is 81.2 Å². The molecule has 1 fully saturated rings. The van der Waals surface area contributed by atoms with E-state index in [9.17, 15) is 71.3 Å². The zero-order valence-corrected chi connectivity index (χ0v) is 53.4. The van der Waals surface area contributed by atoms with Crippen LogP contribution >= 0.6 is 0 Å². The number of cyclic esters (lactones) is 1. The maximum atomic E-state index is 14.2. The number of fused-ring (bicyclic) bond motifs is 5. The summed E-state index contributed by atoms with van der Waals surface area (Å²) in [7, 11) is 0. The number of pyridine rings is 2. The lowest BCUT2D eigenvalue weighted by Gasteiger charge is -2.31. The number of halogens is 3. The van der Waals surface area contributed by atoms with E-state index in [-0.39, 0.29) is 134 Å². The highest BCUT2D eigenvalue weighted by atomic mass is 19.4. The van der Waals surface area contributed by atoms with E-state index in [0.717, 1.165) is 5.39 Å². The van der Waals surface area contributed by atoms with Gasteiger partial charge in [0.25, 0.3) is 5.56 Å². The first-order chi connectivity index (χ1) is 47.3. The van der Waals surface area contributed by atoms with Gasteiger partial charge in [0.15, 0.2) is 11.6 Å². The van der Waals surface area contributed by atoms with Crippen LogP contribution in [0.3, 0.4) is 0 Å². The highest BCUT2D eigenvalue weighted by Gasteiger charge is 2.46. The van der Waals surface area contributed by atoms with Crippen LogP contribution in [-0.2, 0) is 110 Å². The molecule has 14 N–H and O–H groups in total. The Morgan fingerprint density at radius 3 is 1.96 bits per heavy atom. The number of amides is 7. The molecule has 32 nitrogen and oxygen atoms in total. The number of hydrogen-bond acceptors (Lipinski definition) is 20. The minimum absolute atomic E-state index is 0.00434. The fourth-order valence-electron chi connectivity index (χ4n) is 10.4. The molecule has 3 aromatic carbocycles. The summed E-state index contributed by atoms with van der Waals surface area (Å²) in [6, 6.07) is 18.8. The number of guanidine groups is 1. The Bertz CT molecular complexity index is 3890. The Kier molecular flexibility index (Phi) is 27.4. The SMILES string of the molecule is CC[C@@]1(O)C(=O)OCc2c1cc1n(c2=O)Cc2c-1nc1ccccc1c2/C=N\OCCNC(=O)COCCOCCOCC(=O)NCc1ccc(C[C@@H]2NC(=O)[C@@H](Cc3ccccc3)NC(=O)[C@H](CC(=O)O)NC(=O)CNC(=O)[C@H](CCCN=C(N)N)NC2=O)cc1.O=C(O)C(F)(F)F. The Morgan fingerprint density at radius 2 is 1.33 bits per heavy atom. The number of carboxylic acids is 2. The van der Waals surface area contributed by atoms with Gasteiger partial charge in [-0.2, -0.15) is 13.2 Å². The molecule has 5 aromatic rings. The van der Waals surface area contributed by atoms with Gasteiger partial charge in [-0.25, -0.2) is 14.6 Å². The topological polar surface area (TPSA) is 473 Å². The van der Waals surface area contributed by atoms with Crippen molar-refractivity contribution >= 4 is 82.3 Å². The van der Waals surface area contributed by atoms with Crippen LogP contribution in [0, 0.1) is 0 Å². The summed E-state index contributed by atoms with van der Waals surface area (Å²) in [6.45, 7) is 1.15. The van der Waals surface area contributed by atoms with E-state index in [4.69, 9.17) is 50.1 Å². The lowest BCUT2D eigenvalue weighted by atomic mass is 9.86. The van der Waals surface area contributed by atoms with Gasteiger partial charge in [-0.1, -0.05) is 84.9 Å². The molecule has 5 heterocycles. The summed E-state index contributed by atoms with van der Waals surface area (Å²) in [4.78, 5) is 155. The number of rotatable bonds is 28. The number of carboxylic acid groups (broad SMARTS) is 2. The Labute approximate surface area is 561 Å². The van der Waals surface area contributed by atoms with Gasteiger partial charge in [0.1, 0.15) is 50.6 Å². The lowest BCUT2D eigenvalue weighted by Crippen LogP contribution is -2.58. The van der Waals surface area contributed by atoms with Crippen LogP contribution in [0.5, 0.6) is 0 Å². The standard InChI is InChI=1S/C62H73N13O17.C2HF3O2/c1-2-62(87)43-27-49-54-41(32-75(49)59(85)42(43)33-91-60(62)86)40(39-11-6-7-12-44(39)71-54)30-69-92-20-19-65-51(77)34-89-23-21-88-22-24-90-35-52(78)67-29-38-16-14-37(15-17-38)26-47-56(82)72-45(13-8-18-66-61(63)64)55(81)68-31-50(76)70-48(28-53(79)80)58(84)74-46(57(83)73-47)25-36-9-4-3-5-10-36;3-2(4,5)1(6)7/h3-7,9-12,14-17,27,30,45-48,87H,2,8,13,18-26,28-29,31-35H2,1H3,(H,65,77)(H,67,78)(H,68,81)(H,70,76)(H,72,82)(H,73,83)(H,74,84)(H,79,80)(H4,63,64,66);(H,6,7)/b69-30-;/t45-,46+,47-,48-,62-;/m0./s1. The number of benzene rings is 3. The van der Waals surface area contributed by atoms with Crippen LogP contribution in [0.25, 0.3) is 22.3 Å². The summed E-state index contributed by atoms with van der Waals surface area (Å²) in [5.41, 5.74) is 13.8. The number of aliphatic carboxylic acids is 2. The smallest absolute Gasteiger partial charge is 0.481 e. The molecule has 0 saturated carbocycles. The third-order valence-electron chi connectivity index (χ3n) is 15.4. The number of aromatic nitrogens is 2. The number of ether oxygens (including phenoxy) is 4. The van der Waals surface area contributed by atoms with Crippen LogP contribution in [0.15, 0.2) is 99.9 Å². The molecule has 2 aromatic heterocycles. The number of carbonyl (C=O) groups is 10. The minimum Gasteiger partial charge on any atom is -0.481 e. The molecular formula is C64H74F3N13O19. The van der Waals surface area contributed by atoms with Crippen molar-refractivity contribution in [2.45, 2.75) is 101 Å². The van der Waals surface area contributed by atoms with Gasteiger partial charge in [-0.3, -0.25) is 48.1 Å². The molecule has 1 saturated heterocycles. The molecule has 8 rings (SSSR count). The number of nitrogens with one attached hydrogen (secondary N) is 7. The maximum absolute atomic E-state index is 14.2. The maximum Gasteiger partial charge on any atom is 0.490 e. The fraction of sp³-hybridized carbons (Fsp3) is 0.406. The average Bonchev–Trinajstić information content (AvgIpc) is 1.63. The van der Waals surface area contributed by atoms with Crippen molar-refractivity contribution in [1.82, 2.24) is 46.8 Å². The third-order valence-corrected chi connectivity index (χ3v) is 15.4. The molecule has 0 aliphatic carbocycles. The van der Waals surface area contributed by atoms with Gasteiger partial charge in [0, 0.05) is 48.0 Å². The number of aliphatic hydroxyl groups is 1. The van der Waals surface area contributed by atoms with E-state index >= 15 is 0 Å². The molecule has 5 atom stereocenters. The van der Waals surface area contributed by atoms with Crippen molar-refractivity contribution in [3.8, 4) is 11.4 Å². The summed E-state index contributed by atoms with van der Waals surface area (Å²) in [6.07, 6.45) is -4.39. The fourth-order valence-corrected chi connectivity index (χ4v) is 10.4.